The van der Waals surface area contributed by atoms with Crippen LogP contribution in [0.15, 0.2) is 21.4 Å². The van der Waals surface area contributed by atoms with Gasteiger partial charge in [0, 0.05) is 11.5 Å². The molecule has 0 saturated heterocycles. The first-order valence-corrected chi connectivity index (χ1v) is 4.74. The van der Waals surface area contributed by atoms with Gasteiger partial charge in [0.15, 0.2) is 0 Å². The molecule has 0 spiro atoms. The number of hydrogen-bond donors (Lipinski definition) is 1. The lowest BCUT2D eigenvalue weighted by Crippen LogP contribution is -2.12. The Labute approximate surface area is 83.5 Å². The molecule has 2 rings (SSSR count). The number of aryl methyl sites for hydroxylation is 2. The molecular weight excluding hydrogens is 232 g/mol. The number of nitrogens with one attached hydrogen (secondary N) is 1. The van der Waals surface area contributed by atoms with E-state index in [1.807, 2.05) is 19.1 Å². The van der Waals surface area contributed by atoms with Gasteiger partial charge in [-0.2, -0.15) is 0 Å². The van der Waals surface area contributed by atoms with Crippen LogP contribution in [0, 0.1) is 6.92 Å². The maximum atomic E-state index is 11.3. The first-order valence-electron chi connectivity index (χ1n) is 3.95. The van der Waals surface area contributed by atoms with Crippen LogP contribution in [0.1, 0.15) is 5.56 Å². The van der Waals surface area contributed by atoms with Crippen LogP contribution in [-0.2, 0) is 7.05 Å². The van der Waals surface area contributed by atoms with Gasteiger partial charge in [0.05, 0.1) is 11.0 Å². The summed E-state index contributed by atoms with van der Waals surface area (Å²) in [6.07, 6.45) is 0. The molecule has 0 radical (unpaired) electrons. The van der Waals surface area contributed by atoms with Crippen molar-refractivity contribution in [1.82, 2.24) is 9.55 Å². The molecule has 68 valence electrons. The van der Waals surface area contributed by atoms with E-state index in [1.54, 1.807) is 11.6 Å². The van der Waals surface area contributed by atoms with Gasteiger partial charge in [-0.15, -0.1) is 0 Å². The Kier molecular flexibility index (Phi) is 1.80. The molecule has 1 N–H and O–H groups in total. The van der Waals surface area contributed by atoms with Gasteiger partial charge in [0.25, 0.3) is 0 Å². The molecule has 0 bridgehead atoms. The Morgan fingerprint density at radius 2 is 2.15 bits per heavy atom. The summed E-state index contributed by atoms with van der Waals surface area (Å²) in [6.45, 7) is 2.00. The van der Waals surface area contributed by atoms with Crippen LogP contribution in [0.4, 0.5) is 0 Å². The maximum Gasteiger partial charge on any atom is 0.326 e. The minimum absolute atomic E-state index is 0.0821. The van der Waals surface area contributed by atoms with Crippen molar-refractivity contribution in [2.24, 2.45) is 7.05 Å². The lowest BCUT2D eigenvalue weighted by molar-refractivity contribution is 0.889. The lowest BCUT2D eigenvalue weighted by Gasteiger charge is -2.00. The Hall–Kier alpha value is -1.03. The third kappa shape index (κ3) is 1.13. The molecule has 1 heterocycles. The highest BCUT2D eigenvalue weighted by Crippen LogP contribution is 2.24. The zero-order valence-corrected chi connectivity index (χ0v) is 8.97. The molecule has 0 fully saturated rings. The van der Waals surface area contributed by atoms with Crippen LogP contribution < -0.4 is 5.69 Å². The van der Waals surface area contributed by atoms with E-state index in [-0.39, 0.29) is 5.69 Å². The van der Waals surface area contributed by atoms with E-state index < -0.39 is 0 Å². The highest BCUT2D eigenvalue weighted by Gasteiger charge is 2.07. The first-order chi connectivity index (χ1) is 6.11. The summed E-state index contributed by atoms with van der Waals surface area (Å²) < 4.78 is 2.58. The minimum atomic E-state index is -0.0821. The van der Waals surface area contributed by atoms with E-state index in [4.69, 9.17) is 0 Å². The number of imidazole rings is 1. The standard InChI is InChI=1S/C9H9BrN2O/c1-5-3-4-6-8(7(5)10)12(2)9(13)11-6/h3-4H,1-2H3,(H,11,13). The summed E-state index contributed by atoms with van der Waals surface area (Å²) in [6, 6.07) is 3.89. The molecule has 3 nitrogen and oxygen atoms in total. The van der Waals surface area contributed by atoms with Gasteiger partial charge in [-0.05, 0) is 34.5 Å². The first kappa shape index (κ1) is 8.56. The van der Waals surface area contributed by atoms with Crippen LogP contribution >= 0.6 is 15.9 Å². The molecule has 2 aromatic rings. The van der Waals surface area contributed by atoms with Crippen LogP contribution in [0.2, 0.25) is 0 Å². The fraction of sp³-hybridized carbons (Fsp3) is 0.222. The van der Waals surface area contributed by atoms with Crippen molar-refractivity contribution in [3.63, 3.8) is 0 Å². The van der Waals surface area contributed by atoms with Gasteiger partial charge < -0.3 is 4.98 Å². The van der Waals surface area contributed by atoms with Crippen molar-refractivity contribution >= 4 is 27.0 Å². The quantitative estimate of drug-likeness (QED) is 0.751. The van der Waals surface area contributed by atoms with Crippen molar-refractivity contribution in [1.29, 1.82) is 0 Å². The normalized spacial score (nSPS) is 11.0. The van der Waals surface area contributed by atoms with Gasteiger partial charge in [-0.25, -0.2) is 4.79 Å². The monoisotopic (exact) mass is 240 g/mol. The van der Waals surface area contributed by atoms with E-state index in [0.29, 0.717) is 0 Å². The highest BCUT2D eigenvalue weighted by molar-refractivity contribution is 9.10. The Balaban J connectivity index is 3.05. The second kappa shape index (κ2) is 2.73. The molecule has 0 aliphatic rings. The van der Waals surface area contributed by atoms with E-state index >= 15 is 0 Å². The molecule has 0 amide bonds. The second-order valence-corrected chi connectivity index (χ2v) is 3.87. The zero-order valence-electron chi connectivity index (χ0n) is 7.39. The van der Waals surface area contributed by atoms with Crippen LogP contribution in [0.5, 0.6) is 0 Å². The Morgan fingerprint density at radius 3 is 2.85 bits per heavy atom. The number of halogens is 1. The van der Waals surface area contributed by atoms with E-state index in [0.717, 1.165) is 21.1 Å². The smallest absolute Gasteiger partial charge is 0.306 e. The van der Waals surface area contributed by atoms with Gasteiger partial charge in [-0.1, -0.05) is 6.07 Å². The molecular formula is C9H9BrN2O. The van der Waals surface area contributed by atoms with Crippen molar-refractivity contribution < 1.29 is 0 Å². The lowest BCUT2D eigenvalue weighted by atomic mass is 10.2. The summed E-state index contributed by atoms with van der Waals surface area (Å²) in [4.78, 5) is 14.1. The second-order valence-electron chi connectivity index (χ2n) is 3.08. The number of aromatic nitrogens is 2. The summed E-state index contributed by atoms with van der Waals surface area (Å²) in [5.41, 5.74) is 2.83. The number of benzene rings is 1. The minimum Gasteiger partial charge on any atom is -0.306 e. The average Bonchev–Trinajstić information content (AvgIpc) is 2.37. The van der Waals surface area contributed by atoms with E-state index in [2.05, 4.69) is 20.9 Å². The molecule has 0 unspecified atom stereocenters. The number of rotatable bonds is 0. The predicted molar refractivity (Wildman–Crippen MR) is 56.0 cm³/mol. The topological polar surface area (TPSA) is 37.8 Å². The van der Waals surface area contributed by atoms with Crippen molar-refractivity contribution in [3.8, 4) is 0 Å². The number of nitrogens with zero attached hydrogens (tertiary/aromatic N) is 1. The highest BCUT2D eigenvalue weighted by atomic mass is 79.9. The molecule has 0 saturated carbocycles. The largest absolute Gasteiger partial charge is 0.326 e. The van der Waals surface area contributed by atoms with Gasteiger partial charge >= 0.3 is 5.69 Å². The molecule has 1 aromatic heterocycles. The summed E-state index contributed by atoms with van der Waals surface area (Å²) in [7, 11) is 1.76. The average molecular weight is 241 g/mol. The third-order valence-corrected chi connectivity index (χ3v) is 3.19. The Morgan fingerprint density at radius 1 is 1.46 bits per heavy atom. The summed E-state index contributed by atoms with van der Waals surface area (Å²) in [5, 5.41) is 0. The molecule has 0 aliphatic heterocycles. The number of aromatic amines is 1. The Bertz CT molecular complexity index is 524. The molecule has 13 heavy (non-hydrogen) atoms. The van der Waals surface area contributed by atoms with Crippen LogP contribution in [0.3, 0.4) is 0 Å². The molecule has 1 aromatic carbocycles. The van der Waals surface area contributed by atoms with Crippen LogP contribution in [-0.4, -0.2) is 9.55 Å². The molecule has 4 heteroatoms. The number of H-pyrrole nitrogens is 1. The number of hydrogen-bond acceptors (Lipinski definition) is 1. The molecule has 0 aliphatic carbocycles. The fourth-order valence-corrected chi connectivity index (χ4v) is 2.01. The summed E-state index contributed by atoms with van der Waals surface area (Å²) in [5.74, 6) is 0. The molecule has 0 atom stereocenters. The zero-order chi connectivity index (χ0) is 9.59. The van der Waals surface area contributed by atoms with Gasteiger partial charge in [0.1, 0.15) is 0 Å². The maximum absolute atomic E-state index is 11.3. The van der Waals surface area contributed by atoms with Crippen LogP contribution in [0.25, 0.3) is 11.0 Å². The van der Waals surface area contributed by atoms with E-state index in [9.17, 15) is 4.79 Å². The van der Waals surface area contributed by atoms with Gasteiger partial charge in [0.2, 0.25) is 0 Å². The van der Waals surface area contributed by atoms with Crippen molar-refractivity contribution in [3.05, 3.63) is 32.7 Å². The van der Waals surface area contributed by atoms with Crippen molar-refractivity contribution in [2.45, 2.75) is 6.92 Å². The third-order valence-electron chi connectivity index (χ3n) is 2.19. The SMILES string of the molecule is Cc1ccc2[nH]c(=O)n(C)c2c1Br. The van der Waals surface area contributed by atoms with E-state index in [1.165, 1.54) is 0 Å². The summed E-state index contributed by atoms with van der Waals surface area (Å²) >= 11 is 3.47. The van der Waals surface area contributed by atoms with Crippen molar-refractivity contribution in [2.75, 3.05) is 0 Å². The van der Waals surface area contributed by atoms with Gasteiger partial charge in [-0.3, -0.25) is 4.57 Å². The number of fused-ring (bicyclic) bond motifs is 1. The fourth-order valence-electron chi connectivity index (χ4n) is 1.39. The predicted octanol–water partition coefficient (Wildman–Crippen LogP) is 1.94.